The molecular weight excluding hydrogens is 354 g/mol. The van der Waals surface area contributed by atoms with E-state index in [1.807, 2.05) is 25.1 Å². The van der Waals surface area contributed by atoms with E-state index in [1.165, 1.54) is 5.56 Å². The van der Waals surface area contributed by atoms with Crippen molar-refractivity contribution < 1.29 is 14.3 Å². The molecule has 1 amide bonds. The first kappa shape index (κ1) is 20.1. The van der Waals surface area contributed by atoms with Gasteiger partial charge in [-0.25, -0.2) is 0 Å². The minimum absolute atomic E-state index is 0.0727. The number of carbonyl (C=O) groups excluding carboxylic acids is 2. The highest BCUT2D eigenvalue weighted by Gasteiger charge is 2.44. The van der Waals surface area contributed by atoms with Crippen molar-refractivity contribution >= 4 is 11.9 Å². The number of piperidine rings is 1. The van der Waals surface area contributed by atoms with Crippen molar-refractivity contribution in [3.05, 3.63) is 53.9 Å². The maximum absolute atomic E-state index is 13.0. The van der Waals surface area contributed by atoms with Gasteiger partial charge >= 0.3 is 5.97 Å². The summed E-state index contributed by atoms with van der Waals surface area (Å²) in [6.45, 7) is 3.25. The zero-order valence-electron chi connectivity index (χ0n) is 16.8. The SMILES string of the molecule is CCOC(=O)C1(CCCc2ccccc2)CCCN(C(=O)c2ccnn2C)C1. The summed E-state index contributed by atoms with van der Waals surface area (Å²) in [6, 6.07) is 12.0. The molecule has 0 spiro atoms. The van der Waals surface area contributed by atoms with Gasteiger partial charge in [-0.1, -0.05) is 30.3 Å². The molecule has 1 saturated heterocycles. The van der Waals surface area contributed by atoms with E-state index < -0.39 is 5.41 Å². The standard InChI is InChI=1S/C22H29N3O3/c1-3-28-21(27)22(13-7-11-18-9-5-4-6-10-18)14-8-16-25(17-22)20(26)19-12-15-23-24(19)2/h4-6,9-10,12,15H,3,7-8,11,13-14,16-17H2,1-2H3. The molecule has 1 aliphatic rings. The largest absolute Gasteiger partial charge is 0.466 e. The topological polar surface area (TPSA) is 64.4 Å². The number of aryl methyl sites for hydroxylation is 2. The summed E-state index contributed by atoms with van der Waals surface area (Å²) in [5, 5.41) is 4.09. The summed E-state index contributed by atoms with van der Waals surface area (Å²) in [7, 11) is 1.76. The number of nitrogens with zero attached hydrogens (tertiary/aromatic N) is 3. The molecule has 0 saturated carbocycles. The second kappa shape index (κ2) is 9.04. The van der Waals surface area contributed by atoms with Crippen molar-refractivity contribution in [2.75, 3.05) is 19.7 Å². The predicted molar refractivity (Wildman–Crippen MR) is 107 cm³/mol. The molecule has 0 radical (unpaired) electrons. The molecule has 1 atom stereocenters. The van der Waals surface area contributed by atoms with Crippen molar-refractivity contribution in [2.45, 2.75) is 39.0 Å². The van der Waals surface area contributed by atoms with Crippen LogP contribution in [0.3, 0.4) is 0 Å². The van der Waals surface area contributed by atoms with Crippen LogP contribution < -0.4 is 0 Å². The lowest BCUT2D eigenvalue weighted by atomic mass is 9.75. The Morgan fingerprint density at radius 2 is 2.00 bits per heavy atom. The van der Waals surface area contributed by atoms with Crippen LogP contribution >= 0.6 is 0 Å². The molecule has 0 aliphatic carbocycles. The second-order valence-corrected chi connectivity index (χ2v) is 7.51. The Morgan fingerprint density at radius 1 is 1.21 bits per heavy atom. The van der Waals surface area contributed by atoms with E-state index in [0.29, 0.717) is 25.4 Å². The number of aromatic nitrogens is 2. The van der Waals surface area contributed by atoms with Crippen molar-refractivity contribution in [1.29, 1.82) is 0 Å². The van der Waals surface area contributed by atoms with Crippen LogP contribution in [-0.4, -0.2) is 46.3 Å². The first-order valence-electron chi connectivity index (χ1n) is 10.0. The molecule has 3 rings (SSSR count). The lowest BCUT2D eigenvalue weighted by Crippen LogP contribution is -2.50. The molecule has 6 nitrogen and oxygen atoms in total. The number of ether oxygens (including phenoxy) is 1. The van der Waals surface area contributed by atoms with Crippen LogP contribution in [0.1, 0.15) is 48.7 Å². The molecule has 150 valence electrons. The van der Waals surface area contributed by atoms with Crippen LogP contribution in [0.25, 0.3) is 0 Å². The molecule has 28 heavy (non-hydrogen) atoms. The Labute approximate surface area is 166 Å². The molecule has 1 fully saturated rings. The van der Waals surface area contributed by atoms with Gasteiger partial charge in [0.05, 0.1) is 12.0 Å². The monoisotopic (exact) mass is 383 g/mol. The second-order valence-electron chi connectivity index (χ2n) is 7.51. The van der Waals surface area contributed by atoms with E-state index in [-0.39, 0.29) is 11.9 Å². The molecule has 2 aromatic rings. The number of rotatable bonds is 7. The molecule has 1 aromatic heterocycles. The third-order valence-electron chi connectivity index (χ3n) is 5.58. The number of benzene rings is 1. The highest BCUT2D eigenvalue weighted by atomic mass is 16.5. The first-order chi connectivity index (χ1) is 13.6. The predicted octanol–water partition coefficient (Wildman–Crippen LogP) is 3.23. The fraction of sp³-hybridized carbons (Fsp3) is 0.500. The molecule has 6 heteroatoms. The van der Waals surface area contributed by atoms with E-state index in [2.05, 4.69) is 17.2 Å². The Morgan fingerprint density at radius 3 is 2.68 bits per heavy atom. The van der Waals surface area contributed by atoms with Crippen LogP contribution in [0.4, 0.5) is 0 Å². The molecule has 1 aromatic carbocycles. The fourth-order valence-electron chi connectivity index (χ4n) is 4.08. The van der Waals surface area contributed by atoms with Gasteiger partial charge in [-0.15, -0.1) is 0 Å². The summed E-state index contributed by atoms with van der Waals surface area (Å²) in [6.07, 6.45) is 5.70. The zero-order valence-corrected chi connectivity index (χ0v) is 16.8. The maximum Gasteiger partial charge on any atom is 0.313 e. The van der Waals surface area contributed by atoms with Gasteiger partial charge < -0.3 is 9.64 Å². The van der Waals surface area contributed by atoms with Crippen molar-refractivity contribution in [2.24, 2.45) is 12.5 Å². The lowest BCUT2D eigenvalue weighted by molar-refractivity contribution is -0.159. The van der Waals surface area contributed by atoms with Crippen LogP contribution in [0.2, 0.25) is 0 Å². The average molecular weight is 383 g/mol. The number of amides is 1. The summed E-state index contributed by atoms with van der Waals surface area (Å²) < 4.78 is 7.02. The van der Waals surface area contributed by atoms with Gasteiger partial charge in [0.2, 0.25) is 0 Å². The molecule has 0 bridgehead atoms. The summed E-state index contributed by atoms with van der Waals surface area (Å²) in [5.74, 6) is -0.248. The van der Waals surface area contributed by atoms with Crippen molar-refractivity contribution in [1.82, 2.24) is 14.7 Å². The molecule has 2 heterocycles. The van der Waals surface area contributed by atoms with Crippen LogP contribution in [0, 0.1) is 5.41 Å². The highest BCUT2D eigenvalue weighted by Crippen LogP contribution is 2.37. The normalized spacial score (nSPS) is 19.4. The van der Waals surface area contributed by atoms with Gasteiger partial charge in [-0.2, -0.15) is 5.10 Å². The zero-order chi connectivity index (χ0) is 20.0. The number of esters is 1. The summed E-state index contributed by atoms with van der Waals surface area (Å²) in [5.41, 5.74) is 1.18. The Bertz CT molecular complexity index is 802. The molecule has 1 aliphatic heterocycles. The van der Waals surface area contributed by atoms with Crippen molar-refractivity contribution in [3.63, 3.8) is 0 Å². The van der Waals surface area contributed by atoms with Gasteiger partial charge in [0, 0.05) is 26.3 Å². The van der Waals surface area contributed by atoms with E-state index in [1.54, 1.807) is 28.9 Å². The third-order valence-corrected chi connectivity index (χ3v) is 5.58. The fourth-order valence-corrected chi connectivity index (χ4v) is 4.08. The number of hydrogen-bond acceptors (Lipinski definition) is 4. The van der Waals surface area contributed by atoms with Gasteiger partial charge in [0.25, 0.3) is 5.91 Å². The van der Waals surface area contributed by atoms with Crippen molar-refractivity contribution in [3.8, 4) is 0 Å². The first-order valence-corrected chi connectivity index (χ1v) is 10.0. The summed E-state index contributed by atoms with van der Waals surface area (Å²) in [4.78, 5) is 27.7. The minimum Gasteiger partial charge on any atom is -0.466 e. The highest BCUT2D eigenvalue weighted by molar-refractivity contribution is 5.93. The lowest BCUT2D eigenvalue weighted by Gasteiger charge is -2.41. The number of hydrogen-bond donors (Lipinski definition) is 0. The van der Waals surface area contributed by atoms with E-state index in [4.69, 9.17) is 4.74 Å². The Hall–Kier alpha value is -2.63. The maximum atomic E-state index is 13.0. The van der Waals surface area contributed by atoms with Crippen LogP contribution in [0.15, 0.2) is 42.6 Å². The number of carbonyl (C=O) groups is 2. The van der Waals surface area contributed by atoms with Gasteiger partial charge in [0.15, 0.2) is 0 Å². The number of likely N-dealkylation sites (tertiary alicyclic amines) is 1. The quantitative estimate of drug-likeness (QED) is 0.689. The third kappa shape index (κ3) is 4.43. The van der Waals surface area contributed by atoms with Gasteiger partial charge in [0.1, 0.15) is 5.69 Å². The average Bonchev–Trinajstić information content (AvgIpc) is 3.14. The minimum atomic E-state index is -0.628. The van der Waals surface area contributed by atoms with Crippen LogP contribution in [0.5, 0.6) is 0 Å². The smallest absolute Gasteiger partial charge is 0.313 e. The van der Waals surface area contributed by atoms with E-state index in [9.17, 15) is 9.59 Å². The summed E-state index contributed by atoms with van der Waals surface area (Å²) >= 11 is 0. The van der Waals surface area contributed by atoms with E-state index >= 15 is 0 Å². The van der Waals surface area contributed by atoms with Gasteiger partial charge in [-0.3, -0.25) is 14.3 Å². The molecular formula is C22H29N3O3. The molecule has 1 unspecified atom stereocenters. The van der Waals surface area contributed by atoms with Crippen LogP contribution in [-0.2, 0) is 23.0 Å². The Balaban J connectivity index is 1.73. The molecule has 0 N–H and O–H groups in total. The Kier molecular flexibility index (Phi) is 6.49. The van der Waals surface area contributed by atoms with E-state index in [0.717, 1.165) is 32.1 Å². The van der Waals surface area contributed by atoms with Gasteiger partial charge in [-0.05, 0) is 50.7 Å².